The van der Waals surface area contributed by atoms with Gasteiger partial charge in [-0.1, -0.05) is 24.3 Å². The summed E-state index contributed by atoms with van der Waals surface area (Å²) in [6.45, 7) is 4.39. The lowest BCUT2D eigenvalue weighted by Crippen LogP contribution is -2.40. The van der Waals surface area contributed by atoms with Crippen molar-refractivity contribution in [2.45, 2.75) is 69.5 Å². The van der Waals surface area contributed by atoms with Crippen molar-refractivity contribution in [3.63, 3.8) is 0 Å². The highest BCUT2D eigenvalue weighted by atomic mass is 16.5. The second-order valence-corrected chi connectivity index (χ2v) is 11.9. The van der Waals surface area contributed by atoms with Crippen molar-refractivity contribution >= 4 is 21.8 Å². The number of rotatable bonds is 3. The molecule has 0 amide bonds. The molecule has 6 heterocycles. The molecule has 1 N–H and O–H groups in total. The highest BCUT2D eigenvalue weighted by Crippen LogP contribution is 2.38. The van der Waals surface area contributed by atoms with E-state index in [9.17, 15) is 0 Å². The highest BCUT2D eigenvalue weighted by molar-refractivity contribution is 5.91. The summed E-state index contributed by atoms with van der Waals surface area (Å²) in [5.41, 5.74) is 8.75. The molecule has 0 radical (unpaired) electrons. The van der Waals surface area contributed by atoms with E-state index >= 15 is 0 Å². The number of benzene rings is 2. The zero-order valence-corrected chi connectivity index (χ0v) is 22.0. The van der Waals surface area contributed by atoms with E-state index in [1.807, 2.05) is 0 Å². The molecule has 0 bridgehead atoms. The standard InChI is InChI=1S/C32H38N4O/c1-34-29-9-3-2-7-24(29)25-19-22-11-12-23(36(22)17-14-30(25)34)20-37-31-10-4-8-28-32(31)26-18-21-6-5-15-35(21)16-13-27(26)33-28/h2-4,7-10,21-23,33H,5-6,11-20H2,1H3. The molecule has 2 aromatic heterocycles. The maximum absolute atomic E-state index is 6.74. The third kappa shape index (κ3) is 3.50. The van der Waals surface area contributed by atoms with E-state index < -0.39 is 0 Å². The second-order valence-electron chi connectivity index (χ2n) is 11.9. The Kier molecular flexibility index (Phi) is 5.19. The average molecular weight is 495 g/mol. The molecule has 4 aliphatic heterocycles. The smallest absolute Gasteiger partial charge is 0.129 e. The van der Waals surface area contributed by atoms with Crippen molar-refractivity contribution in [2.24, 2.45) is 7.05 Å². The van der Waals surface area contributed by atoms with Gasteiger partial charge in [-0.05, 0) is 74.4 Å². The number of hydrogen-bond donors (Lipinski definition) is 1. The normalized spacial score (nSPS) is 26.0. The maximum atomic E-state index is 6.74. The molecule has 2 saturated heterocycles. The summed E-state index contributed by atoms with van der Waals surface area (Å²) in [7, 11) is 2.25. The first-order valence-electron chi connectivity index (χ1n) is 14.5. The summed E-state index contributed by atoms with van der Waals surface area (Å²) >= 11 is 0. The molecular formula is C32H38N4O. The van der Waals surface area contributed by atoms with Crippen LogP contribution in [0.3, 0.4) is 0 Å². The molecule has 5 nitrogen and oxygen atoms in total. The molecule has 0 aliphatic carbocycles. The number of aryl methyl sites for hydroxylation is 1. The van der Waals surface area contributed by atoms with E-state index in [0.29, 0.717) is 18.1 Å². The van der Waals surface area contributed by atoms with Crippen molar-refractivity contribution < 1.29 is 4.74 Å². The minimum atomic E-state index is 0.503. The van der Waals surface area contributed by atoms with Gasteiger partial charge in [-0.25, -0.2) is 0 Å². The molecule has 0 saturated carbocycles. The van der Waals surface area contributed by atoms with Crippen LogP contribution >= 0.6 is 0 Å². The molecule has 2 aromatic carbocycles. The quantitative estimate of drug-likeness (QED) is 0.424. The predicted octanol–water partition coefficient (Wildman–Crippen LogP) is 5.23. The first kappa shape index (κ1) is 22.2. The van der Waals surface area contributed by atoms with E-state index in [4.69, 9.17) is 4.74 Å². The minimum absolute atomic E-state index is 0.503. The zero-order valence-electron chi connectivity index (χ0n) is 22.0. The van der Waals surface area contributed by atoms with Gasteiger partial charge in [0.25, 0.3) is 0 Å². The number of aromatic amines is 1. The molecular weight excluding hydrogens is 456 g/mol. The largest absolute Gasteiger partial charge is 0.491 e. The molecule has 3 atom stereocenters. The zero-order chi connectivity index (χ0) is 24.5. The summed E-state index contributed by atoms with van der Waals surface area (Å²) in [5.74, 6) is 1.09. The van der Waals surface area contributed by atoms with Gasteiger partial charge in [0.15, 0.2) is 0 Å². The van der Waals surface area contributed by atoms with Crippen LogP contribution in [0, 0.1) is 0 Å². The van der Waals surface area contributed by atoms with Gasteiger partial charge in [-0.2, -0.15) is 0 Å². The lowest BCUT2D eigenvalue weighted by Gasteiger charge is -2.28. The van der Waals surface area contributed by atoms with Crippen molar-refractivity contribution in [2.75, 3.05) is 26.2 Å². The Hall–Kier alpha value is -2.76. The fourth-order valence-corrected chi connectivity index (χ4v) is 8.31. The summed E-state index contributed by atoms with van der Waals surface area (Å²) in [5, 5.41) is 2.82. The fourth-order valence-electron chi connectivity index (χ4n) is 8.31. The van der Waals surface area contributed by atoms with Gasteiger partial charge in [0.05, 0.1) is 0 Å². The topological polar surface area (TPSA) is 36.4 Å². The third-order valence-corrected chi connectivity index (χ3v) is 10.2. The van der Waals surface area contributed by atoms with Crippen molar-refractivity contribution in [1.29, 1.82) is 0 Å². The number of aromatic nitrogens is 2. The number of para-hydroxylation sites is 1. The Morgan fingerprint density at radius 2 is 1.81 bits per heavy atom. The van der Waals surface area contributed by atoms with Crippen LogP contribution < -0.4 is 4.74 Å². The average Bonchev–Trinajstić information content (AvgIpc) is 3.63. The Morgan fingerprint density at radius 3 is 2.78 bits per heavy atom. The lowest BCUT2D eigenvalue weighted by atomic mass is 10.0. The summed E-state index contributed by atoms with van der Waals surface area (Å²) in [6.07, 6.45) is 9.81. The number of fused-ring (bicyclic) bond motifs is 8. The molecule has 3 unspecified atom stereocenters. The molecule has 4 aromatic rings. The summed E-state index contributed by atoms with van der Waals surface area (Å²) in [4.78, 5) is 9.27. The molecule has 0 spiro atoms. The van der Waals surface area contributed by atoms with Crippen LogP contribution in [0.4, 0.5) is 0 Å². The van der Waals surface area contributed by atoms with Gasteiger partial charge >= 0.3 is 0 Å². The van der Waals surface area contributed by atoms with E-state index in [0.717, 1.165) is 31.7 Å². The highest BCUT2D eigenvalue weighted by Gasteiger charge is 2.37. The van der Waals surface area contributed by atoms with Crippen LogP contribution in [-0.4, -0.2) is 63.7 Å². The Bertz CT molecular complexity index is 1480. The van der Waals surface area contributed by atoms with Crippen LogP contribution in [0.25, 0.3) is 21.8 Å². The number of H-pyrrole nitrogens is 1. The number of hydrogen-bond acceptors (Lipinski definition) is 3. The third-order valence-electron chi connectivity index (χ3n) is 10.2. The number of nitrogens with zero attached hydrogens (tertiary/aromatic N) is 3. The fraction of sp³-hybridized carbons (Fsp3) is 0.500. The van der Waals surface area contributed by atoms with Crippen molar-refractivity contribution in [1.82, 2.24) is 19.4 Å². The molecule has 37 heavy (non-hydrogen) atoms. The molecule has 8 rings (SSSR count). The molecule has 4 aliphatic rings. The van der Waals surface area contributed by atoms with Crippen LogP contribution in [0.5, 0.6) is 5.75 Å². The Labute approximate surface area is 219 Å². The summed E-state index contributed by atoms with van der Waals surface area (Å²) in [6, 6.07) is 17.4. The van der Waals surface area contributed by atoms with Gasteiger partial charge in [-0.3, -0.25) is 9.80 Å². The molecule has 5 heteroatoms. The van der Waals surface area contributed by atoms with Crippen molar-refractivity contribution in [3.05, 3.63) is 65.0 Å². The predicted molar refractivity (Wildman–Crippen MR) is 150 cm³/mol. The van der Waals surface area contributed by atoms with E-state index in [1.54, 1.807) is 5.56 Å². The van der Waals surface area contributed by atoms with E-state index in [-0.39, 0.29) is 0 Å². The number of ether oxygens (including phenoxy) is 1. The molecule has 2 fully saturated rings. The Morgan fingerprint density at radius 1 is 0.892 bits per heavy atom. The monoisotopic (exact) mass is 494 g/mol. The van der Waals surface area contributed by atoms with Gasteiger partial charge in [-0.15, -0.1) is 0 Å². The van der Waals surface area contributed by atoms with Crippen LogP contribution in [0.1, 0.15) is 48.2 Å². The van der Waals surface area contributed by atoms with Crippen LogP contribution in [0.2, 0.25) is 0 Å². The SMILES string of the molecule is Cn1c2c(c3ccccc31)CC1CCC(COc3cccc4[nH]c5c(c34)CC3CCCN3CC5)N1CC2. The van der Waals surface area contributed by atoms with Crippen LogP contribution in [0.15, 0.2) is 42.5 Å². The van der Waals surface area contributed by atoms with Gasteiger partial charge < -0.3 is 14.3 Å². The van der Waals surface area contributed by atoms with Gasteiger partial charge in [0.1, 0.15) is 12.4 Å². The number of nitrogens with one attached hydrogen (secondary N) is 1. The summed E-state index contributed by atoms with van der Waals surface area (Å²) < 4.78 is 9.19. The maximum Gasteiger partial charge on any atom is 0.129 e. The second kappa shape index (κ2) is 8.64. The van der Waals surface area contributed by atoms with Gasteiger partial charge in [0, 0.05) is 84.3 Å². The Balaban J connectivity index is 1.04. The minimum Gasteiger partial charge on any atom is -0.491 e. The first-order valence-corrected chi connectivity index (χ1v) is 14.5. The molecule has 192 valence electrons. The van der Waals surface area contributed by atoms with E-state index in [2.05, 4.69) is 68.9 Å². The van der Waals surface area contributed by atoms with Crippen LogP contribution in [-0.2, 0) is 32.7 Å². The lowest BCUT2D eigenvalue weighted by molar-refractivity contribution is 0.144. The van der Waals surface area contributed by atoms with Gasteiger partial charge in [0.2, 0.25) is 0 Å². The van der Waals surface area contributed by atoms with Crippen molar-refractivity contribution in [3.8, 4) is 5.75 Å². The van der Waals surface area contributed by atoms with E-state index in [1.165, 1.54) is 90.4 Å². The first-order chi connectivity index (χ1) is 18.2.